The van der Waals surface area contributed by atoms with Crippen molar-refractivity contribution in [3.8, 4) is 0 Å². The van der Waals surface area contributed by atoms with Gasteiger partial charge in [-0.1, -0.05) is 6.07 Å². The van der Waals surface area contributed by atoms with Crippen LogP contribution >= 0.6 is 0 Å². The minimum atomic E-state index is -0.0920. The second-order valence-corrected chi connectivity index (χ2v) is 7.45. The molecule has 140 valence electrons. The first-order valence-corrected chi connectivity index (χ1v) is 9.00. The lowest BCUT2D eigenvalue weighted by Gasteiger charge is -2.22. The third kappa shape index (κ3) is 4.47. The number of pyridine rings is 1. The van der Waals surface area contributed by atoms with Crippen LogP contribution in [-0.4, -0.2) is 70.2 Å². The van der Waals surface area contributed by atoms with E-state index in [0.29, 0.717) is 11.6 Å². The maximum atomic E-state index is 12.6. The molecule has 1 amide bonds. The van der Waals surface area contributed by atoms with Gasteiger partial charge in [0.15, 0.2) is 0 Å². The summed E-state index contributed by atoms with van der Waals surface area (Å²) < 4.78 is 1.73. The predicted molar refractivity (Wildman–Crippen MR) is 101 cm³/mol. The summed E-state index contributed by atoms with van der Waals surface area (Å²) in [4.78, 5) is 21.4. The second kappa shape index (κ2) is 7.97. The molecule has 3 rings (SSSR count). The lowest BCUT2D eigenvalue weighted by atomic mass is 10.0. The largest absolute Gasteiger partial charge is 0.346 e. The first-order chi connectivity index (χ1) is 12.4. The summed E-state index contributed by atoms with van der Waals surface area (Å²) in [6, 6.07) is 6.00. The maximum absolute atomic E-state index is 12.6. The Hall–Kier alpha value is -2.25. The molecule has 7 heteroatoms. The van der Waals surface area contributed by atoms with Crippen molar-refractivity contribution < 1.29 is 4.79 Å². The van der Waals surface area contributed by atoms with Crippen LogP contribution in [0.25, 0.3) is 0 Å². The number of nitrogens with zero attached hydrogens (tertiary/aromatic N) is 5. The molecule has 7 nitrogen and oxygen atoms in total. The summed E-state index contributed by atoms with van der Waals surface area (Å²) in [7, 11) is 6.00. The van der Waals surface area contributed by atoms with Gasteiger partial charge >= 0.3 is 0 Å². The van der Waals surface area contributed by atoms with Gasteiger partial charge in [-0.25, -0.2) is 0 Å². The monoisotopic (exact) mass is 356 g/mol. The van der Waals surface area contributed by atoms with Gasteiger partial charge in [-0.05, 0) is 38.7 Å². The highest BCUT2D eigenvalue weighted by atomic mass is 16.2. The number of carbonyl (C=O) groups is 1. The molecule has 26 heavy (non-hydrogen) atoms. The van der Waals surface area contributed by atoms with Gasteiger partial charge in [0, 0.05) is 63.3 Å². The average Bonchev–Trinajstić information content (AvgIpc) is 3.11. The number of amides is 1. The van der Waals surface area contributed by atoms with E-state index in [-0.39, 0.29) is 11.9 Å². The molecule has 2 atom stereocenters. The lowest BCUT2D eigenvalue weighted by Crippen LogP contribution is -2.43. The van der Waals surface area contributed by atoms with Gasteiger partial charge in [-0.15, -0.1) is 0 Å². The van der Waals surface area contributed by atoms with Crippen molar-refractivity contribution in [2.24, 2.45) is 13.0 Å². The van der Waals surface area contributed by atoms with Gasteiger partial charge in [-0.2, -0.15) is 5.10 Å². The van der Waals surface area contributed by atoms with Crippen molar-refractivity contribution in [3.05, 3.63) is 47.5 Å². The van der Waals surface area contributed by atoms with Crippen LogP contribution in [0.5, 0.6) is 0 Å². The molecule has 0 saturated carbocycles. The maximum Gasteiger partial charge on any atom is 0.272 e. The molecule has 0 spiro atoms. The summed E-state index contributed by atoms with van der Waals surface area (Å²) >= 11 is 0. The molecule has 1 saturated heterocycles. The molecule has 0 aliphatic carbocycles. The fraction of sp³-hybridized carbons (Fsp3) is 0.526. The molecule has 0 aromatic carbocycles. The van der Waals surface area contributed by atoms with E-state index in [1.165, 1.54) is 5.56 Å². The van der Waals surface area contributed by atoms with E-state index in [4.69, 9.17) is 0 Å². The molecule has 3 heterocycles. The summed E-state index contributed by atoms with van der Waals surface area (Å²) in [6.07, 6.45) is 3.70. The van der Waals surface area contributed by atoms with Crippen LogP contribution < -0.4 is 5.32 Å². The van der Waals surface area contributed by atoms with E-state index in [0.717, 1.165) is 31.9 Å². The Bertz CT molecular complexity index is 722. The number of nitrogens with one attached hydrogen (secondary N) is 1. The van der Waals surface area contributed by atoms with Crippen molar-refractivity contribution in [1.29, 1.82) is 0 Å². The van der Waals surface area contributed by atoms with E-state index in [2.05, 4.69) is 45.4 Å². The molecule has 1 aliphatic heterocycles. The zero-order chi connectivity index (χ0) is 18.7. The third-order valence-electron chi connectivity index (χ3n) is 4.91. The average molecular weight is 356 g/mol. The van der Waals surface area contributed by atoms with Crippen LogP contribution in [0.15, 0.2) is 30.6 Å². The molecule has 0 radical (unpaired) electrons. The SMILES string of the molecule is Cc1cc(C(=O)N[C@@H]2CN(Cc3cccnc3)C[C@H]2CN(C)C)nn1C. The van der Waals surface area contributed by atoms with Gasteiger partial charge in [0.25, 0.3) is 5.91 Å². The molecule has 2 aromatic rings. The normalized spacial score (nSPS) is 20.7. The molecular weight excluding hydrogens is 328 g/mol. The standard InChI is InChI=1S/C19H28N6O/c1-14-8-17(22-24(14)4)19(26)21-18-13-25(12-16(18)11-23(2)3)10-15-6-5-7-20-9-15/h5-9,16,18H,10-13H2,1-4H3,(H,21,26)/t16-,18-/m1/s1. The van der Waals surface area contributed by atoms with Gasteiger partial charge < -0.3 is 10.2 Å². The Morgan fingerprint density at radius 3 is 2.81 bits per heavy atom. The molecule has 2 aromatic heterocycles. The highest BCUT2D eigenvalue weighted by Crippen LogP contribution is 2.20. The fourth-order valence-electron chi connectivity index (χ4n) is 3.57. The Kier molecular flexibility index (Phi) is 5.68. The molecule has 1 fully saturated rings. The number of carbonyl (C=O) groups excluding carboxylic acids is 1. The van der Waals surface area contributed by atoms with E-state index in [9.17, 15) is 4.79 Å². The van der Waals surface area contributed by atoms with Crippen LogP contribution in [0.3, 0.4) is 0 Å². The zero-order valence-corrected chi connectivity index (χ0v) is 16.0. The predicted octanol–water partition coefficient (Wildman–Crippen LogP) is 0.916. The summed E-state index contributed by atoms with van der Waals surface area (Å²) in [5, 5.41) is 7.51. The zero-order valence-electron chi connectivity index (χ0n) is 16.0. The van der Waals surface area contributed by atoms with E-state index >= 15 is 0 Å². The highest BCUT2D eigenvalue weighted by molar-refractivity contribution is 5.92. The molecule has 0 unspecified atom stereocenters. The Labute approximate surface area is 155 Å². The van der Waals surface area contributed by atoms with Crippen molar-refractivity contribution >= 4 is 5.91 Å². The Morgan fingerprint density at radius 1 is 1.38 bits per heavy atom. The van der Waals surface area contributed by atoms with Gasteiger partial charge in [-0.3, -0.25) is 19.4 Å². The quantitative estimate of drug-likeness (QED) is 0.834. The first kappa shape index (κ1) is 18.5. The number of aryl methyl sites for hydroxylation is 2. The van der Waals surface area contributed by atoms with Crippen LogP contribution in [0.4, 0.5) is 0 Å². The van der Waals surface area contributed by atoms with Crippen molar-refractivity contribution in [2.75, 3.05) is 33.7 Å². The van der Waals surface area contributed by atoms with E-state index in [1.807, 2.05) is 32.3 Å². The second-order valence-electron chi connectivity index (χ2n) is 7.45. The minimum absolute atomic E-state index is 0.0920. The van der Waals surface area contributed by atoms with Crippen molar-refractivity contribution in [3.63, 3.8) is 0 Å². The van der Waals surface area contributed by atoms with Gasteiger partial charge in [0.05, 0.1) is 0 Å². The number of rotatable bonds is 6. The first-order valence-electron chi connectivity index (χ1n) is 9.00. The van der Waals surface area contributed by atoms with Crippen LogP contribution in [0, 0.1) is 12.8 Å². The fourth-order valence-corrected chi connectivity index (χ4v) is 3.57. The number of hydrogen-bond donors (Lipinski definition) is 1. The number of likely N-dealkylation sites (tertiary alicyclic amines) is 1. The lowest BCUT2D eigenvalue weighted by molar-refractivity contribution is 0.0921. The molecule has 1 N–H and O–H groups in total. The van der Waals surface area contributed by atoms with E-state index in [1.54, 1.807) is 10.9 Å². The molecular formula is C19H28N6O. The topological polar surface area (TPSA) is 66.3 Å². The van der Waals surface area contributed by atoms with Gasteiger partial charge in [0.2, 0.25) is 0 Å². The van der Waals surface area contributed by atoms with Crippen LogP contribution in [-0.2, 0) is 13.6 Å². The third-order valence-corrected chi connectivity index (χ3v) is 4.91. The summed E-state index contributed by atoms with van der Waals surface area (Å²) in [5.41, 5.74) is 2.66. The van der Waals surface area contributed by atoms with Crippen LogP contribution in [0.2, 0.25) is 0 Å². The van der Waals surface area contributed by atoms with E-state index < -0.39 is 0 Å². The smallest absolute Gasteiger partial charge is 0.272 e. The highest BCUT2D eigenvalue weighted by Gasteiger charge is 2.34. The Balaban J connectivity index is 1.67. The summed E-state index contributed by atoms with van der Waals surface area (Å²) in [5.74, 6) is 0.293. The minimum Gasteiger partial charge on any atom is -0.346 e. The molecule has 1 aliphatic rings. The van der Waals surface area contributed by atoms with Crippen molar-refractivity contribution in [1.82, 2.24) is 29.9 Å². The number of hydrogen-bond acceptors (Lipinski definition) is 5. The molecule has 0 bridgehead atoms. The Morgan fingerprint density at radius 2 is 2.19 bits per heavy atom. The summed E-state index contributed by atoms with van der Waals surface area (Å²) in [6.45, 7) is 5.54. The number of aromatic nitrogens is 3. The van der Waals surface area contributed by atoms with Crippen LogP contribution in [0.1, 0.15) is 21.7 Å². The van der Waals surface area contributed by atoms with Crippen molar-refractivity contribution in [2.45, 2.75) is 19.5 Å². The van der Waals surface area contributed by atoms with Gasteiger partial charge in [0.1, 0.15) is 5.69 Å².